The van der Waals surface area contributed by atoms with Gasteiger partial charge in [0.2, 0.25) is 0 Å². The number of benzene rings is 2. The van der Waals surface area contributed by atoms with E-state index in [1.54, 1.807) is 7.05 Å². The van der Waals surface area contributed by atoms with Gasteiger partial charge < -0.3 is 20.1 Å². The highest BCUT2D eigenvalue weighted by molar-refractivity contribution is 5.79. The second kappa shape index (κ2) is 11.1. The molecule has 0 saturated heterocycles. The first-order valence-corrected chi connectivity index (χ1v) is 8.60. The summed E-state index contributed by atoms with van der Waals surface area (Å²) < 4.78 is 11.3. The first kappa shape index (κ1) is 18.8. The normalized spacial score (nSPS) is 11.2. The summed E-state index contributed by atoms with van der Waals surface area (Å²) in [6, 6.07) is 18.2. The minimum absolute atomic E-state index is 0.616. The van der Waals surface area contributed by atoms with Crippen molar-refractivity contribution in [2.45, 2.75) is 20.1 Å². The van der Waals surface area contributed by atoms with Crippen LogP contribution in [0.1, 0.15) is 18.1 Å². The quantitative estimate of drug-likeness (QED) is 0.418. The van der Waals surface area contributed by atoms with E-state index in [2.05, 4.69) is 27.8 Å². The number of nitrogens with zero attached hydrogens (tertiary/aromatic N) is 1. The van der Waals surface area contributed by atoms with Crippen LogP contribution in [-0.4, -0.2) is 32.8 Å². The molecule has 25 heavy (non-hydrogen) atoms. The van der Waals surface area contributed by atoms with E-state index in [-0.39, 0.29) is 0 Å². The predicted molar refractivity (Wildman–Crippen MR) is 102 cm³/mol. The van der Waals surface area contributed by atoms with E-state index in [4.69, 9.17) is 9.47 Å². The van der Waals surface area contributed by atoms with Gasteiger partial charge in [-0.1, -0.05) is 48.5 Å². The van der Waals surface area contributed by atoms with Crippen LogP contribution in [0.25, 0.3) is 0 Å². The third kappa shape index (κ3) is 6.85. The average Bonchev–Trinajstić information content (AvgIpc) is 2.66. The van der Waals surface area contributed by atoms with Gasteiger partial charge in [-0.2, -0.15) is 0 Å². The summed E-state index contributed by atoms with van der Waals surface area (Å²) in [6.45, 7) is 5.23. The van der Waals surface area contributed by atoms with E-state index < -0.39 is 0 Å². The number of hydrogen-bond acceptors (Lipinski definition) is 3. The molecule has 0 aromatic heterocycles. The van der Waals surface area contributed by atoms with Crippen LogP contribution in [-0.2, 0) is 17.9 Å². The topological polar surface area (TPSA) is 54.9 Å². The zero-order chi connectivity index (χ0) is 17.7. The number of ether oxygens (including phenoxy) is 2. The SMILES string of the molecule is CCOc1ccccc1CNC(=NC)NCCOCc1ccccc1. The number of aliphatic imine (C=N–C) groups is 1. The molecule has 0 unspecified atom stereocenters. The monoisotopic (exact) mass is 341 g/mol. The smallest absolute Gasteiger partial charge is 0.191 e. The molecule has 0 aliphatic rings. The number of guanidine groups is 1. The fraction of sp³-hybridized carbons (Fsp3) is 0.350. The van der Waals surface area contributed by atoms with E-state index in [0.29, 0.717) is 32.9 Å². The molecule has 0 aliphatic carbocycles. The lowest BCUT2D eigenvalue weighted by Gasteiger charge is -2.14. The van der Waals surface area contributed by atoms with Gasteiger partial charge in [0.25, 0.3) is 0 Å². The first-order chi connectivity index (χ1) is 12.3. The Hall–Kier alpha value is -2.53. The lowest BCUT2D eigenvalue weighted by molar-refractivity contribution is 0.125. The van der Waals surface area contributed by atoms with Crippen molar-refractivity contribution in [1.29, 1.82) is 0 Å². The highest BCUT2D eigenvalue weighted by Gasteiger charge is 2.03. The van der Waals surface area contributed by atoms with Crippen molar-refractivity contribution in [2.24, 2.45) is 4.99 Å². The Morgan fingerprint density at radius 3 is 2.52 bits per heavy atom. The van der Waals surface area contributed by atoms with Gasteiger partial charge in [0, 0.05) is 25.7 Å². The third-order valence-corrected chi connectivity index (χ3v) is 3.59. The van der Waals surface area contributed by atoms with Gasteiger partial charge >= 0.3 is 0 Å². The summed E-state index contributed by atoms with van der Waals surface area (Å²) in [4.78, 5) is 4.23. The van der Waals surface area contributed by atoms with Crippen molar-refractivity contribution in [3.05, 3.63) is 65.7 Å². The molecule has 2 aromatic rings. The standard InChI is InChI=1S/C20H27N3O2/c1-3-25-19-12-8-7-11-18(19)15-23-20(21-2)22-13-14-24-16-17-9-5-4-6-10-17/h4-12H,3,13-16H2,1-2H3,(H2,21,22,23). The molecule has 2 rings (SSSR count). The Bertz CT molecular complexity index is 644. The Kier molecular flexibility index (Phi) is 8.35. The van der Waals surface area contributed by atoms with Gasteiger partial charge in [-0.15, -0.1) is 0 Å². The summed E-state index contributed by atoms with van der Waals surface area (Å²) in [5.74, 6) is 1.65. The van der Waals surface area contributed by atoms with Crippen LogP contribution >= 0.6 is 0 Å². The van der Waals surface area contributed by atoms with Crippen LogP contribution in [0.4, 0.5) is 0 Å². The zero-order valence-electron chi connectivity index (χ0n) is 15.0. The Balaban J connectivity index is 1.69. The molecule has 0 heterocycles. The lowest BCUT2D eigenvalue weighted by atomic mass is 10.2. The van der Waals surface area contributed by atoms with Crippen LogP contribution in [0, 0.1) is 0 Å². The highest BCUT2D eigenvalue weighted by Crippen LogP contribution is 2.17. The van der Waals surface area contributed by atoms with Gasteiger partial charge in [-0.05, 0) is 18.6 Å². The summed E-state index contributed by atoms with van der Waals surface area (Å²) in [7, 11) is 1.76. The van der Waals surface area contributed by atoms with Gasteiger partial charge in [0.05, 0.1) is 19.8 Å². The number of nitrogens with one attached hydrogen (secondary N) is 2. The predicted octanol–water partition coefficient (Wildman–Crippen LogP) is 2.97. The summed E-state index contributed by atoms with van der Waals surface area (Å²) >= 11 is 0. The van der Waals surface area contributed by atoms with E-state index in [1.807, 2.05) is 49.4 Å². The molecule has 2 aromatic carbocycles. The van der Waals surface area contributed by atoms with Crippen molar-refractivity contribution in [2.75, 3.05) is 26.8 Å². The fourth-order valence-electron chi connectivity index (χ4n) is 2.35. The molecule has 5 nitrogen and oxygen atoms in total. The van der Waals surface area contributed by atoms with Crippen molar-refractivity contribution in [3.63, 3.8) is 0 Å². The van der Waals surface area contributed by atoms with E-state index in [9.17, 15) is 0 Å². The Morgan fingerprint density at radius 1 is 1.00 bits per heavy atom. The molecule has 0 atom stereocenters. The molecule has 5 heteroatoms. The maximum absolute atomic E-state index is 5.66. The van der Waals surface area contributed by atoms with Crippen molar-refractivity contribution in [3.8, 4) is 5.75 Å². The second-order valence-corrected chi connectivity index (χ2v) is 5.43. The van der Waals surface area contributed by atoms with E-state index in [1.165, 1.54) is 5.56 Å². The highest BCUT2D eigenvalue weighted by atomic mass is 16.5. The molecular weight excluding hydrogens is 314 g/mol. The van der Waals surface area contributed by atoms with Crippen molar-refractivity contribution < 1.29 is 9.47 Å². The van der Waals surface area contributed by atoms with Gasteiger partial charge in [-0.3, -0.25) is 4.99 Å². The van der Waals surface area contributed by atoms with Gasteiger partial charge in [-0.25, -0.2) is 0 Å². The fourth-order valence-corrected chi connectivity index (χ4v) is 2.35. The van der Waals surface area contributed by atoms with Gasteiger partial charge in [0.1, 0.15) is 5.75 Å². The lowest BCUT2D eigenvalue weighted by Crippen LogP contribution is -2.38. The molecule has 0 radical (unpaired) electrons. The molecule has 134 valence electrons. The van der Waals surface area contributed by atoms with E-state index in [0.717, 1.165) is 17.3 Å². The van der Waals surface area contributed by atoms with Crippen molar-refractivity contribution in [1.82, 2.24) is 10.6 Å². The third-order valence-electron chi connectivity index (χ3n) is 3.59. The molecule has 0 aliphatic heterocycles. The molecular formula is C20H27N3O2. The van der Waals surface area contributed by atoms with Crippen LogP contribution < -0.4 is 15.4 Å². The second-order valence-electron chi connectivity index (χ2n) is 5.43. The molecule has 0 spiro atoms. The van der Waals surface area contributed by atoms with Crippen LogP contribution in [0.2, 0.25) is 0 Å². The number of para-hydroxylation sites is 1. The molecule has 0 saturated carbocycles. The number of rotatable bonds is 9. The first-order valence-electron chi connectivity index (χ1n) is 8.60. The molecule has 0 bridgehead atoms. The van der Waals surface area contributed by atoms with Crippen molar-refractivity contribution >= 4 is 5.96 Å². The molecule has 0 amide bonds. The number of hydrogen-bond donors (Lipinski definition) is 2. The van der Waals surface area contributed by atoms with Crippen LogP contribution in [0.15, 0.2) is 59.6 Å². The minimum Gasteiger partial charge on any atom is -0.494 e. The minimum atomic E-state index is 0.616. The van der Waals surface area contributed by atoms with Crippen LogP contribution in [0.5, 0.6) is 5.75 Å². The molecule has 2 N–H and O–H groups in total. The Morgan fingerprint density at radius 2 is 1.76 bits per heavy atom. The molecule has 0 fully saturated rings. The zero-order valence-corrected chi connectivity index (χ0v) is 15.0. The van der Waals surface area contributed by atoms with Gasteiger partial charge in [0.15, 0.2) is 5.96 Å². The largest absolute Gasteiger partial charge is 0.494 e. The van der Waals surface area contributed by atoms with E-state index >= 15 is 0 Å². The average molecular weight is 341 g/mol. The maximum atomic E-state index is 5.66. The maximum Gasteiger partial charge on any atom is 0.191 e. The summed E-state index contributed by atoms with van der Waals surface area (Å²) in [5.41, 5.74) is 2.28. The Labute approximate surface area is 150 Å². The summed E-state index contributed by atoms with van der Waals surface area (Å²) in [5, 5.41) is 6.55. The van der Waals surface area contributed by atoms with Crippen LogP contribution in [0.3, 0.4) is 0 Å². The summed E-state index contributed by atoms with van der Waals surface area (Å²) in [6.07, 6.45) is 0.